The smallest absolute Gasteiger partial charge is 0.191 e. The van der Waals surface area contributed by atoms with Crippen LogP contribution in [-0.4, -0.2) is 13.0 Å². The van der Waals surface area contributed by atoms with Crippen LogP contribution < -0.4 is 10.6 Å². The second kappa shape index (κ2) is 6.10. The van der Waals surface area contributed by atoms with Crippen molar-refractivity contribution in [2.24, 2.45) is 4.99 Å². The van der Waals surface area contributed by atoms with Gasteiger partial charge in [0.1, 0.15) is 0 Å². The molecule has 5 heteroatoms. The van der Waals surface area contributed by atoms with Crippen molar-refractivity contribution in [2.45, 2.75) is 13.1 Å². The van der Waals surface area contributed by atoms with Crippen LogP contribution in [0.3, 0.4) is 0 Å². The van der Waals surface area contributed by atoms with Crippen molar-refractivity contribution >= 4 is 17.3 Å². The quantitative estimate of drug-likeness (QED) is 0.645. The van der Waals surface area contributed by atoms with Gasteiger partial charge in [-0.05, 0) is 28.5 Å². The lowest BCUT2D eigenvalue weighted by Gasteiger charge is -2.10. The average molecular weight is 249 g/mol. The fraction of sp³-hybridized carbons (Fsp3) is 0.250. The molecule has 0 amide bonds. The fourth-order valence-electron chi connectivity index (χ4n) is 1.38. The van der Waals surface area contributed by atoms with E-state index < -0.39 is 0 Å². The molecule has 0 saturated carbocycles. The van der Waals surface area contributed by atoms with E-state index in [0.717, 1.165) is 18.1 Å². The molecular weight excluding hydrogens is 234 g/mol. The highest BCUT2D eigenvalue weighted by Crippen LogP contribution is 2.04. The molecule has 0 spiro atoms. The van der Waals surface area contributed by atoms with E-state index in [2.05, 4.69) is 32.5 Å². The number of hydrogen-bond donors (Lipinski definition) is 2. The number of rotatable bonds is 4. The van der Waals surface area contributed by atoms with Gasteiger partial charge in [0.25, 0.3) is 0 Å². The van der Waals surface area contributed by atoms with Gasteiger partial charge in [0, 0.05) is 25.7 Å². The van der Waals surface area contributed by atoms with E-state index in [9.17, 15) is 0 Å². The van der Waals surface area contributed by atoms with Gasteiger partial charge in [-0.3, -0.25) is 4.99 Å². The maximum Gasteiger partial charge on any atom is 0.191 e. The van der Waals surface area contributed by atoms with Crippen LogP contribution in [0.2, 0.25) is 0 Å². The van der Waals surface area contributed by atoms with Gasteiger partial charge < -0.3 is 15.1 Å². The summed E-state index contributed by atoms with van der Waals surface area (Å²) in [5, 5.41) is 10.7. The molecule has 0 bridgehead atoms. The van der Waals surface area contributed by atoms with E-state index in [1.54, 1.807) is 30.9 Å². The number of nitrogens with zero attached hydrogens (tertiary/aromatic N) is 1. The van der Waals surface area contributed by atoms with Crippen molar-refractivity contribution in [3.63, 3.8) is 0 Å². The zero-order valence-corrected chi connectivity index (χ0v) is 10.5. The largest absolute Gasteiger partial charge is 0.472 e. The Kier molecular flexibility index (Phi) is 4.21. The van der Waals surface area contributed by atoms with E-state index in [1.165, 1.54) is 5.56 Å². The minimum absolute atomic E-state index is 0.708. The van der Waals surface area contributed by atoms with E-state index in [1.807, 2.05) is 6.07 Å². The Balaban J connectivity index is 1.77. The molecule has 0 aliphatic rings. The van der Waals surface area contributed by atoms with Gasteiger partial charge in [-0.2, -0.15) is 11.3 Å². The lowest BCUT2D eigenvalue weighted by atomic mass is 10.3. The SMILES string of the molecule is CN=C(NCc1ccoc1)NCc1ccsc1. The molecule has 2 N–H and O–H groups in total. The molecule has 0 aromatic carbocycles. The molecule has 2 heterocycles. The number of hydrogen-bond acceptors (Lipinski definition) is 3. The summed E-state index contributed by atoms with van der Waals surface area (Å²) >= 11 is 1.70. The topological polar surface area (TPSA) is 49.6 Å². The molecule has 0 atom stereocenters. The Morgan fingerprint density at radius 1 is 1.29 bits per heavy atom. The Morgan fingerprint density at radius 2 is 2.12 bits per heavy atom. The highest BCUT2D eigenvalue weighted by Gasteiger charge is 1.99. The molecule has 0 saturated heterocycles. The third-order valence-electron chi connectivity index (χ3n) is 2.30. The maximum atomic E-state index is 5.00. The monoisotopic (exact) mass is 249 g/mol. The molecule has 2 aromatic heterocycles. The van der Waals surface area contributed by atoms with Crippen LogP contribution in [0, 0.1) is 0 Å². The predicted molar refractivity (Wildman–Crippen MR) is 70.1 cm³/mol. The Morgan fingerprint density at radius 3 is 2.71 bits per heavy atom. The summed E-state index contributed by atoms with van der Waals surface area (Å²) in [6.45, 7) is 1.49. The highest BCUT2D eigenvalue weighted by molar-refractivity contribution is 7.07. The molecule has 90 valence electrons. The van der Waals surface area contributed by atoms with Crippen molar-refractivity contribution in [1.29, 1.82) is 0 Å². The highest BCUT2D eigenvalue weighted by atomic mass is 32.1. The van der Waals surface area contributed by atoms with Gasteiger partial charge in [-0.15, -0.1) is 0 Å². The van der Waals surface area contributed by atoms with Crippen molar-refractivity contribution in [3.8, 4) is 0 Å². The van der Waals surface area contributed by atoms with Gasteiger partial charge in [-0.25, -0.2) is 0 Å². The molecule has 0 fully saturated rings. The molecule has 0 aliphatic heterocycles. The average Bonchev–Trinajstić information content (AvgIpc) is 3.02. The van der Waals surface area contributed by atoms with Crippen LogP contribution >= 0.6 is 11.3 Å². The fourth-order valence-corrected chi connectivity index (χ4v) is 2.05. The number of nitrogens with one attached hydrogen (secondary N) is 2. The summed E-state index contributed by atoms with van der Waals surface area (Å²) in [5.74, 6) is 0.789. The molecule has 2 aromatic rings. The third kappa shape index (κ3) is 3.64. The number of furan rings is 1. The minimum Gasteiger partial charge on any atom is -0.472 e. The molecule has 0 aliphatic carbocycles. The molecule has 2 rings (SSSR count). The molecule has 4 nitrogen and oxygen atoms in total. The lowest BCUT2D eigenvalue weighted by Crippen LogP contribution is -2.36. The first-order chi connectivity index (χ1) is 8.38. The predicted octanol–water partition coefficient (Wildman–Crippen LogP) is 2.21. The van der Waals surface area contributed by atoms with Gasteiger partial charge in [0.15, 0.2) is 5.96 Å². The van der Waals surface area contributed by atoms with Crippen molar-refractivity contribution in [2.75, 3.05) is 7.05 Å². The normalized spacial score (nSPS) is 11.5. The van der Waals surface area contributed by atoms with E-state index in [-0.39, 0.29) is 0 Å². The summed E-state index contributed by atoms with van der Waals surface area (Å²) in [6.07, 6.45) is 3.39. The summed E-state index contributed by atoms with van der Waals surface area (Å²) in [7, 11) is 1.76. The summed E-state index contributed by atoms with van der Waals surface area (Å²) in [5.41, 5.74) is 2.37. The lowest BCUT2D eigenvalue weighted by molar-refractivity contribution is 0.563. The van der Waals surface area contributed by atoms with Gasteiger partial charge in [0.2, 0.25) is 0 Å². The van der Waals surface area contributed by atoms with Crippen molar-refractivity contribution < 1.29 is 4.42 Å². The standard InChI is InChI=1S/C12H15N3OS/c1-13-12(14-6-10-2-4-16-8-10)15-7-11-3-5-17-9-11/h2-5,8-9H,6-7H2,1H3,(H2,13,14,15). The summed E-state index contributed by atoms with van der Waals surface area (Å²) < 4.78 is 5.00. The van der Waals surface area contributed by atoms with Gasteiger partial charge >= 0.3 is 0 Å². The number of thiophene rings is 1. The Hall–Kier alpha value is -1.75. The molecule has 0 unspecified atom stereocenters. The Bertz CT molecular complexity index is 408. The number of aliphatic imine (C=N–C) groups is 1. The first-order valence-electron chi connectivity index (χ1n) is 5.35. The number of guanidine groups is 1. The van der Waals surface area contributed by atoms with E-state index in [0.29, 0.717) is 6.54 Å². The van der Waals surface area contributed by atoms with Crippen LogP contribution in [0.4, 0.5) is 0 Å². The van der Waals surface area contributed by atoms with Gasteiger partial charge in [0.05, 0.1) is 12.5 Å². The maximum absolute atomic E-state index is 5.00. The summed E-state index contributed by atoms with van der Waals surface area (Å²) in [6, 6.07) is 4.03. The summed E-state index contributed by atoms with van der Waals surface area (Å²) in [4.78, 5) is 4.15. The van der Waals surface area contributed by atoms with Crippen LogP contribution in [0.25, 0.3) is 0 Å². The van der Waals surface area contributed by atoms with Crippen LogP contribution in [0.1, 0.15) is 11.1 Å². The van der Waals surface area contributed by atoms with Gasteiger partial charge in [-0.1, -0.05) is 0 Å². The molecule has 0 radical (unpaired) electrons. The zero-order chi connectivity index (χ0) is 11.9. The second-order valence-electron chi connectivity index (χ2n) is 3.54. The third-order valence-corrected chi connectivity index (χ3v) is 3.04. The van der Waals surface area contributed by atoms with Crippen LogP contribution in [-0.2, 0) is 13.1 Å². The van der Waals surface area contributed by atoms with E-state index >= 15 is 0 Å². The molecule has 17 heavy (non-hydrogen) atoms. The first kappa shape index (κ1) is 11.7. The minimum atomic E-state index is 0.708. The van der Waals surface area contributed by atoms with Crippen LogP contribution in [0.15, 0.2) is 44.8 Å². The zero-order valence-electron chi connectivity index (χ0n) is 9.64. The Labute approximate surface area is 104 Å². The first-order valence-corrected chi connectivity index (χ1v) is 6.29. The van der Waals surface area contributed by atoms with E-state index in [4.69, 9.17) is 4.42 Å². The van der Waals surface area contributed by atoms with Crippen LogP contribution in [0.5, 0.6) is 0 Å². The van der Waals surface area contributed by atoms with Crippen molar-refractivity contribution in [1.82, 2.24) is 10.6 Å². The molecular formula is C12H15N3OS. The van der Waals surface area contributed by atoms with Crippen molar-refractivity contribution in [3.05, 3.63) is 46.5 Å². The second-order valence-corrected chi connectivity index (χ2v) is 4.32.